The number of amides is 1. The monoisotopic (exact) mass is 473 g/mol. The van der Waals surface area contributed by atoms with Gasteiger partial charge in [-0.2, -0.15) is 5.26 Å². The summed E-state index contributed by atoms with van der Waals surface area (Å²) in [5, 5.41) is 13.4. The Bertz CT molecular complexity index is 1290. The molecule has 1 N–H and O–H groups in total. The SMILES string of the molecule is Cc1c(/C=C(/C#N)C(=O)NCc2ccco2)c2ccccc2n1Cc1ccc(Br)cc1. The average molecular weight is 474 g/mol. The molecule has 0 atom stereocenters. The highest BCUT2D eigenvalue weighted by Gasteiger charge is 2.16. The number of rotatable bonds is 6. The largest absolute Gasteiger partial charge is 0.467 e. The second-order valence-corrected chi connectivity index (χ2v) is 8.08. The summed E-state index contributed by atoms with van der Waals surface area (Å²) in [5.41, 5.74) is 4.15. The van der Waals surface area contributed by atoms with Crippen molar-refractivity contribution < 1.29 is 9.21 Å². The maximum absolute atomic E-state index is 12.6. The summed E-state index contributed by atoms with van der Waals surface area (Å²) in [5.74, 6) is 0.205. The molecule has 2 aromatic carbocycles. The minimum atomic E-state index is -0.428. The van der Waals surface area contributed by atoms with Crippen molar-refractivity contribution in [2.45, 2.75) is 20.0 Å². The molecule has 31 heavy (non-hydrogen) atoms. The number of furan rings is 1. The van der Waals surface area contributed by atoms with Gasteiger partial charge >= 0.3 is 0 Å². The van der Waals surface area contributed by atoms with Crippen LogP contribution in [-0.2, 0) is 17.9 Å². The number of carbonyl (C=O) groups excluding carboxylic acids is 1. The molecule has 0 unspecified atom stereocenters. The van der Waals surface area contributed by atoms with Crippen LogP contribution < -0.4 is 5.32 Å². The van der Waals surface area contributed by atoms with Gasteiger partial charge in [0.1, 0.15) is 17.4 Å². The minimum Gasteiger partial charge on any atom is -0.467 e. The quantitative estimate of drug-likeness (QED) is 0.293. The second kappa shape index (κ2) is 9.07. The predicted octanol–water partition coefficient (Wildman–Crippen LogP) is 5.58. The molecule has 2 aromatic heterocycles. The lowest BCUT2D eigenvalue weighted by Gasteiger charge is -2.09. The van der Waals surface area contributed by atoms with Gasteiger partial charge in [0, 0.05) is 33.2 Å². The first-order valence-corrected chi connectivity index (χ1v) is 10.6. The van der Waals surface area contributed by atoms with Crippen LogP contribution in [0.25, 0.3) is 17.0 Å². The number of carbonyl (C=O) groups is 1. The van der Waals surface area contributed by atoms with Crippen molar-refractivity contribution in [1.82, 2.24) is 9.88 Å². The maximum Gasteiger partial charge on any atom is 0.262 e. The van der Waals surface area contributed by atoms with Crippen molar-refractivity contribution >= 4 is 38.8 Å². The van der Waals surface area contributed by atoms with Gasteiger partial charge < -0.3 is 14.3 Å². The van der Waals surface area contributed by atoms with Gasteiger partial charge in [-0.15, -0.1) is 0 Å². The van der Waals surface area contributed by atoms with E-state index in [0.717, 1.165) is 26.6 Å². The van der Waals surface area contributed by atoms with Gasteiger partial charge in [0.15, 0.2) is 0 Å². The van der Waals surface area contributed by atoms with Crippen LogP contribution >= 0.6 is 15.9 Å². The highest BCUT2D eigenvalue weighted by molar-refractivity contribution is 9.10. The molecule has 0 aliphatic rings. The molecule has 0 spiro atoms. The third-order valence-corrected chi connectivity index (χ3v) is 5.72. The Morgan fingerprint density at radius 3 is 2.65 bits per heavy atom. The van der Waals surface area contributed by atoms with Crippen LogP contribution in [0.3, 0.4) is 0 Å². The normalized spacial score (nSPS) is 11.5. The Morgan fingerprint density at radius 2 is 1.94 bits per heavy atom. The highest BCUT2D eigenvalue weighted by Crippen LogP contribution is 2.29. The van der Waals surface area contributed by atoms with Crippen LogP contribution in [0, 0.1) is 18.3 Å². The summed E-state index contributed by atoms with van der Waals surface area (Å²) >= 11 is 3.47. The summed E-state index contributed by atoms with van der Waals surface area (Å²) in [7, 11) is 0. The summed E-state index contributed by atoms with van der Waals surface area (Å²) in [6.45, 7) is 2.94. The van der Waals surface area contributed by atoms with Crippen molar-refractivity contribution in [3.63, 3.8) is 0 Å². The lowest BCUT2D eigenvalue weighted by Crippen LogP contribution is -2.23. The highest BCUT2D eigenvalue weighted by atomic mass is 79.9. The van der Waals surface area contributed by atoms with E-state index in [1.807, 2.05) is 43.3 Å². The lowest BCUT2D eigenvalue weighted by molar-refractivity contribution is -0.117. The van der Waals surface area contributed by atoms with Crippen molar-refractivity contribution in [3.05, 3.63) is 99.6 Å². The van der Waals surface area contributed by atoms with Crippen LogP contribution in [-0.4, -0.2) is 10.5 Å². The van der Waals surface area contributed by atoms with Crippen molar-refractivity contribution in [2.24, 2.45) is 0 Å². The predicted molar refractivity (Wildman–Crippen MR) is 124 cm³/mol. The summed E-state index contributed by atoms with van der Waals surface area (Å²) in [4.78, 5) is 12.6. The number of nitriles is 1. The van der Waals surface area contributed by atoms with Crippen molar-refractivity contribution in [2.75, 3.05) is 0 Å². The van der Waals surface area contributed by atoms with Crippen LogP contribution in [0.2, 0.25) is 0 Å². The summed E-state index contributed by atoms with van der Waals surface area (Å²) in [6.07, 6.45) is 3.22. The van der Waals surface area contributed by atoms with E-state index in [1.54, 1.807) is 24.5 Å². The van der Waals surface area contributed by atoms with E-state index in [4.69, 9.17) is 4.42 Å². The zero-order chi connectivity index (χ0) is 21.8. The molecule has 1 amide bonds. The molecular formula is C25H20BrN3O2. The number of fused-ring (bicyclic) bond motifs is 1. The molecule has 2 heterocycles. The van der Waals surface area contributed by atoms with E-state index in [2.05, 4.69) is 44.0 Å². The lowest BCUT2D eigenvalue weighted by atomic mass is 10.1. The standard InChI is InChI=1S/C25H20BrN3O2/c1-17-23(13-19(14-27)25(30)28-15-21-5-4-12-31-21)22-6-2-3-7-24(22)29(17)16-18-8-10-20(26)11-9-18/h2-13H,15-16H2,1H3,(H,28,30)/b19-13-. The van der Waals surface area contributed by atoms with E-state index in [0.29, 0.717) is 12.3 Å². The molecule has 5 nitrogen and oxygen atoms in total. The molecule has 4 aromatic rings. The van der Waals surface area contributed by atoms with Gasteiger partial charge in [-0.05, 0) is 48.9 Å². The van der Waals surface area contributed by atoms with Gasteiger partial charge in [-0.1, -0.05) is 46.3 Å². The number of para-hydroxylation sites is 1. The first-order valence-electron chi connectivity index (χ1n) is 9.81. The smallest absolute Gasteiger partial charge is 0.262 e. The minimum absolute atomic E-state index is 0.0567. The van der Waals surface area contributed by atoms with Gasteiger partial charge in [0.25, 0.3) is 5.91 Å². The third kappa shape index (κ3) is 4.47. The van der Waals surface area contributed by atoms with Crippen LogP contribution in [0.1, 0.15) is 22.6 Å². The van der Waals surface area contributed by atoms with E-state index in [-0.39, 0.29) is 12.1 Å². The number of nitrogens with one attached hydrogen (secondary N) is 1. The van der Waals surface area contributed by atoms with Crippen molar-refractivity contribution in [3.8, 4) is 6.07 Å². The molecule has 154 valence electrons. The zero-order valence-corrected chi connectivity index (χ0v) is 18.5. The van der Waals surface area contributed by atoms with Gasteiger partial charge in [0.2, 0.25) is 0 Å². The fourth-order valence-electron chi connectivity index (χ4n) is 3.58. The Balaban J connectivity index is 1.69. The van der Waals surface area contributed by atoms with Gasteiger partial charge in [-0.3, -0.25) is 4.79 Å². The number of halogens is 1. The van der Waals surface area contributed by atoms with Crippen LogP contribution in [0.4, 0.5) is 0 Å². The van der Waals surface area contributed by atoms with E-state index < -0.39 is 5.91 Å². The molecule has 0 bridgehead atoms. The Morgan fingerprint density at radius 1 is 1.16 bits per heavy atom. The maximum atomic E-state index is 12.6. The molecule has 0 saturated carbocycles. The van der Waals surface area contributed by atoms with E-state index in [9.17, 15) is 10.1 Å². The number of benzene rings is 2. The third-order valence-electron chi connectivity index (χ3n) is 5.19. The molecular weight excluding hydrogens is 454 g/mol. The average Bonchev–Trinajstić information content (AvgIpc) is 3.39. The Labute approximate surface area is 188 Å². The van der Waals surface area contributed by atoms with Crippen LogP contribution in [0.15, 0.2) is 81.4 Å². The summed E-state index contributed by atoms with van der Waals surface area (Å²) in [6, 6.07) is 21.8. The molecule has 0 aliphatic carbocycles. The Hall–Kier alpha value is -3.56. The molecule has 4 rings (SSSR count). The first-order chi connectivity index (χ1) is 15.1. The molecule has 0 saturated heterocycles. The van der Waals surface area contributed by atoms with Crippen LogP contribution in [0.5, 0.6) is 0 Å². The number of hydrogen-bond acceptors (Lipinski definition) is 3. The van der Waals surface area contributed by atoms with Gasteiger partial charge in [0.05, 0.1) is 12.8 Å². The molecule has 6 heteroatoms. The van der Waals surface area contributed by atoms with E-state index in [1.165, 1.54) is 5.56 Å². The number of nitrogens with zero attached hydrogens (tertiary/aromatic N) is 2. The molecule has 0 aliphatic heterocycles. The number of aromatic nitrogens is 1. The fraction of sp³-hybridized carbons (Fsp3) is 0.120. The van der Waals surface area contributed by atoms with E-state index >= 15 is 0 Å². The molecule has 0 radical (unpaired) electrons. The van der Waals surface area contributed by atoms with Crippen molar-refractivity contribution in [1.29, 1.82) is 5.26 Å². The topological polar surface area (TPSA) is 71.0 Å². The fourth-order valence-corrected chi connectivity index (χ4v) is 3.85. The Kier molecular flexibility index (Phi) is 6.06. The first kappa shape index (κ1) is 20.7. The van der Waals surface area contributed by atoms with Gasteiger partial charge in [-0.25, -0.2) is 0 Å². The second-order valence-electron chi connectivity index (χ2n) is 7.16. The molecule has 0 fully saturated rings. The zero-order valence-electron chi connectivity index (χ0n) is 16.9. The number of hydrogen-bond donors (Lipinski definition) is 1. The summed E-state index contributed by atoms with van der Waals surface area (Å²) < 4.78 is 8.48.